The molecule has 0 spiro atoms. The zero-order valence-corrected chi connectivity index (χ0v) is 35.0. The predicted molar refractivity (Wildman–Crippen MR) is 216 cm³/mol. The molecule has 2 amide bonds. The molecule has 334 valence electrons. The third kappa shape index (κ3) is 26.5. The fraction of sp³-hybridized carbons (Fsp3) is 0.732. The number of carboxylic acid groups (broad SMARTS) is 2. The molecule has 59 heavy (non-hydrogen) atoms. The van der Waals surface area contributed by atoms with Gasteiger partial charge in [0.15, 0.2) is 5.78 Å². The number of nitrogens with one attached hydrogen (secondary N) is 2. The quantitative estimate of drug-likeness (QED) is 0.0559. The number of hydrogen-bond donors (Lipinski definition) is 5. The maximum atomic E-state index is 13.3. The van der Waals surface area contributed by atoms with Gasteiger partial charge in [-0.2, -0.15) is 0 Å². The maximum absolute atomic E-state index is 13.3. The van der Waals surface area contributed by atoms with Crippen LogP contribution in [0, 0.1) is 17.3 Å². The number of aliphatic imine (C=N–C) groups is 1. The van der Waals surface area contributed by atoms with E-state index in [0.29, 0.717) is 58.1 Å². The van der Waals surface area contributed by atoms with Crippen molar-refractivity contribution in [2.45, 2.75) is 110 Å². The Morgan fingerprint density at radius 2 is 1.39 bits per heavy atom. The molecule has 0 saturated carbocycles. The minimum absolute atomic E-state index is 0.00191. The average Bonchev–Trinajstić information content (AvgIpc) is 3.70. The largest absolute Gasteiger partial charge is 0.481 e. The van der Waals surface area contributed by atoms with Gasteiger partial charge in [0.25, 0.3) is 0 Å². The second-order valence-electron chi connectivity index (χ2n) is 15.2. The molecule has 0 aromatic heterocycles. The first-order valence-electron chi connectivity index (χ1n) is 20.4. The first-order chi connectivity index (χ1) is 28.0. The van der Waals surface area contributed by atoms with Gasteiger partial charge in [-0.05, 0) is 25.7 Å². The molecule has 18 heteroatoms. The van der Waals surface area contributed by atoms with Crippen molar-refractivity contribution < 1.29 is 67.5 Å². The lowest BCUT2D eigenvalue weighted by atomic mass is 9.76. The molecule has 18 nitrogen and oxygen atoms in total. The Labute approximate surface area is 346 Å². The number of amides is 2. The number of aliphatic carboxylic acids is 2. The molecule has 0 aromatic rings. The van der Waals surface area contributed by atoms with E-state index in [9.17, 15) is 38.4 Å². The number of rotatable bonds is 38. The van der Waals surface area contributed by atoms with E-state index in [4.69, 9.17) is 34.9 Å². The van der Waals surface area contributed by atoms with Crippen LogP contribution >= 0.6 is 0 Å². The average molecular weight is 839 g/mol. The predicted octanol–water partition coefficient (Wildman–Crippen LogP) is 2.38. The van der Waals surface area contributed by atoms with Gasteiger partial charge in [-0.25, -0.2) is 0 Å². The van der Waals surface area contributed by atoms with Crippen LogP contribution in [0.5, 0.6) is 0 Å². The number of nitrogens with zero attached hydrogens (tertiary/aromatic N) is 1. The van der Waals surface area contributed by atoms with Crippen LogP contribution < -0.4 is 16.4 Å². The Morgan fingerprint density at radius 1 is 0.763 bits per heavy atom. The van der Waals surface area contributed by atoms with Crippen LogP contribution in [0.1, 0.15) is 104 Å². The van der Waals surface area contributed by atoms with Crippen LogP contribution in [0.3, 0.4) is 0 Å². The highest BCUT2D eigenvalue weighted by Gasteiger charge is 2.35. The lowest BCUT2D eigenvalue weighted by Crippen LogP contribution is -2.37. The molecule has 0 aromatic carbocycles. The SMILES string of the molecule is C[C@@H](CCC(=O)CCCOCCOCC(=O)NCCOCCOCC(=O)NCCCC[C@H](CC(=O)C(C)(C)CC(=O)[C@@H](N)CC1=CCC=N1)C(=O)CCC(=O)O)C(=O)O. The number of carbonyl (C=O) groups is 8. The fourth-order valence-electron chi connectivity index (χ4n) is 5.74. The molecule has 6 N–H and O–H groups in total. The smallest absolute Gasteiger partial charge is 0.306 e. The highest BCUT2D eigenvalue weighted by molar-refractivity contribution is 5.95. The van der Waals surface area contributed by atoms with Gasteiger partial charge in [0, 0.05) is 87.9 Å². The monoisotopic (exact) mass is 838 g/mol. The van der Waals surface area contributed by atoms with Crippen molar-refractivity contribution in [3.63, 3.8) is 0 Å². The van der Waals surface area contributed by atoms with E-state index >= 15 is 0 Å². The number of ether oxygens (including phenoxy) is 4. The summed E-state index contributed by atoms with van der Waals surface area (Å²) in [6, 6.07) is -0.803. The minimum atomic E-state index is -1.11. The van der Waals surface area contributed by atoms with Crippen molar-refractivity contribution in [2.75, 3.05) is 65.9 Å². The molecule has 0 aliphatic carbocycles. The van der Waals surface area contributed by atoms with Crippen LogP contribution in [-0.2, 0) is 57.3 Å². The molecule has 1 aliphatic rings. The van der Waals surface area contributed by atoms with Crippen LogP contribution in [0.25, 0.3) is 0 Å². The highest BCUT2D eigenvalue weighted by Crippen LogP contribution is 2.29. The zero-order valence-electron chi connectivity index (χ0n) is 35.0. The Kier molecular flexibility index (Phi) is 27.5. The summed E-state index contributed by atoms with van der Waals surface area (Å²) in [6.07, 6.45) is 6.53. The summed E-state index contributed by atoms with van der Waals surface area (Å²) in [5.74, 6) is -4.85. The van der Waals surface area contributed by atoms with Crippen molar-refractivity contribution in [3.05, 3.63) is 11.8 Å². The summed E-state index contributed by atoms with van der Waals surface area (Å²) < 4.78 is 21.4. The first kappa shape index (κ1) is 52.8. The molecular formula is C41H66N4O14. The number of carbonyl (C=O) groups excluding carboxylic acids is 6. The molecule has 3 atom stereocenters. The maximum Gasteiger partial charge on any atom is 0.306 e. The molecule has 1 rings (SSSR count). The summed E-state index contributed by atoms with van der Waals surface area (Å²) in [7, 11) is 0. The van der Waals surface area contributed by atoms with E-state index in [2.05, 4.69) is 15.6 Å². The lowest BCUT2D eigenvalue weighted by molar-refractivity contribution is -0.141. The van der Waals surface area contributed by atoms with Gasteiger partial charge in [-0.1, -0.05) is 33.3 Å². The second-order valence-corrected chi connectivity index (χ2v) is 15.2. The molecule has 0 radical (unpaired) electrons. The molecule has 0 bridgehead atoms. The summed E-state index contributed by atoms with van der Waals surface area (Å²) in [6.45, 7) is 6.46. The summed E-state index contributed by atoms with van der Waals surface area (Å²) in [5, 5.41) is 23.3. The third-order valence-electron chi connectivity index (χ3n) is 9.50. The number of unbranched alkanes of at least 4 members (excludes halogenated alkanes) is 1. The Balaban J connectivity index is 2.17. The van der Waals surface area contributed by atoms with E-state index in [1.165, 1.54) is 0 Å². The molecular weight excluding hydrogens is 772 g/mol. The van der Waals surface area contributed by atoms with Crippen molar-refractivity contribution in [3.8, 4) is 0 Å². The van der Waals surface area contributed by atoms with E-state index in [-0.39, 0.29) is 126 Å². The molecule has 0 fully saturated rings. The van der Waals surface area contributed by atoms with Crippen molar-refractivity contribution in [1.82, 2.24) is 10.6 Å². The number of allylic oxidation sites excluding steroid dienone is 1. The molecule has 1 aliphatic heterocycles. The fourth-order valence-corrected chi connectivity index (χ4v) is 5.74. The Bertz CT molecular complexity index is 1430. The first-order valence-corrected chi connectivity index (χ1v) is 20.4. The van der Waals surface area contributed by atoms with Gasteiger partial charge >= 0.3 is 11.9 Å². The van der Waals surface area contributed by atoms with Gasteiger partial charge in [0.2, 0.25) is 11.8 Å². The number of nitrogens with two attached hydrogens (primary N) is 1. The van der Waals surface area contributed by atoms with Crippen LogP contribution in [0.2, 0.25) is 0 Å². The van der Waals surface area contributed by atoms with Crippen LogP contribution in [0.4, 0.5) is 0 Å². The van der Waals surface area contributed by atoms with E-state index in [1.807, 2.05) is 6.08 Å². The normalized spacial score (nSPS) is 13.9. The minimum Gasteiger partial charge on any atom is -0.481 e. The van der Waals surface area contributed by atoms with Gasteiger partial charge < -0.3 is 45.5 Å². The standard InChI is InChI=1S/C41H66N4O14/c1-29(40(54)55)11-12-32(46)10-7-18-56-20-22-58-28-38(51)45-17-19-57-21-23-59-27-37(50)44-15-5-4-8-30(34(47)13-14-39(52)53)24-36(49)41(2,3)26-35(48)33(42)25-31-9-6-16-43-31/h9,16,29-30,33H,4-8,10-15,17-28,42H2,1-3H3,(H,44,50)(H,45,51)(H,52,53)(H,54,55)/t29-,30+,33-/m0/s1. The van der Waals surface area contributed by atoms with E-state index in [1.54, 1.807) is 27.0 Å². The Hall–Kier alpha value is -4.23. The number of Topliss-reactive ketones (excluding diaryl/α,β-unsaturated/α-hetero) is 4. The van der Waals surface area contributed by atoms with Crippen molar-refractivity contribution >= 4 is 53.1 Å². The van der Waals surface area contributed by atoms with Crippen LogP contribution in [-0.4, -0.2) is 135 Å². The second kappa shape index (κ2) is 30.8. The summed E-state index contributed by atoms with van der Waals surface area (Å²) in [5.41, 5.74) is 5.75. The van der Waals surface area contributed by atoms with Gasteiger partial charge in [0.05, 0.1) is 51.4 Å². The third-order valence-corrected chi connectivity index (χ3v) is 9.50. The zero-order chi connectivity index (χ0) is 44.1. The number of ketones is 4. The van der Waals surface area contributed by atoms with Crippen LogP contribution in [0.15, 0.2) is 16.8 Å². The number of carboxylic acids is 2. The van der Waals surface area contributed by atoms with Gasteiger partial charge in [-0.3, -0.25) is 43.3 Å². The number of hydrogen-bond acceptors (Lipinski definition) is 14. The van der Waals surface area contributed by atoms with E-state index in [0.717, 1.165) is 5.70 Å². The summed E-state index contributed by atoms with van der Waals surface area (Å²) >= 11 is 0. The van der Waals surface area contributed by atoms with Crippen molar-refractivity contribution in [2.24, 2.45) is 28.0 Å². The topological polar surface area (TPSA) is 276 Å². The highest BCUT2D eigenvalue weighted by atomic mass is 16.5. The van der Waals surface area contributed by atoms with Gasteiger partial charge in [-0.15, -0.1) is 0 Å². The summed E-state index contributed by atoms with van der Waals surface area (Å²) in [4.78, 5) is 101. The van der Waals surface area contributed by atoms with Crippen molar-refractivity contribution in [1.29, 1.82) is 0 Å². The van der Waals surface area contributed by atoms with E-state index < -0.39 is 35.2 Å². The lowest BCUT2D eigenvalue weighted by Gasteiger charge is -2.26. The molecule has 0 unspecified atom stereocenters. The molecule has 1 heterocycles. The Morgan fingerprint density at radius 3 is 2.00 bits per heavy atom. The molecule has 0 saturated heterocycles. The van der Waals surface area contributed by atoms with Gasteiger partial charge in [0.1, 0.15) is 30.6 Å².